The average Bonchev–Trinajstić information content (AvgIpc) is 3.70. The Morgan fingerprint density at radius 1 is 0.860 bits per heavy atom. The summed E-state index contributed by atoms with van der Waals surface area (Å²) in [7, 11) is 3.82. The number of nitrogens with zero attached hydrogens (tertiary/aromatic N) is 3. The van der Waals surface area contributed by atoms with E-state index in [1.165, 1.54) is 21.3 Å². The number of ether oxygens (including phenoxy) is 8. The number of carbonyl (C=O) groups excluding carboxylic acids is 4. The number of aryl methyl sites for hydroxylation is 2. The van der Waals surface area contributed by atoms with E-state index in [0.717, 1.165) is 18.5 Å². The summed E-state index contributed by atoms with van der Waals surface area (Å²) >= 11 is 0. The first kappa shape index (κ1) is 36.0. The predicted octanol–water partition coefficient (Wildman–Crippen LogP) is -0.0421. The number of aromatic nitrogens is 3. The molecule has 1 aromatic heterocycles. The van der Waals surface area contributed by atoms with E-state index in [4.69, 9.17) is 23.7 Å². The molecule has 1 N–H and O–H groups in total. The fourth-order valence-corrected chi connectivity index (χ4v) is 4.05. The van der Waals surface area contributed by atoms with Gasteiger partial charge in [0.15, 0.2) is 6.29 Å². The molecule has 1 aromatic rings. The highest BCUT2D eigenvalue weighted by molar-refractivity contribution is 5.77. The number of amides is 1. The second kappa shape index (κ2) is 20.7. The lowest BCUT2D eigenvalue weighted by Crippen LogP contribution is -2.58. The van der Waals surface area contributed by atoms with Crippen molar-refractivity contribution in [3.63, 3.8) is 0 Å². The normalized spacial score (nSPS) is 13.6. The summed E-state index contributed by atoms with van der Waals surface area (Å²) < 4.78 is 43.8. The molecule has 0 atom stereocenters. The third kappa shape index (κ3) is 14.7. The molecule has 1 aliphatic heterocycles. The molecule has 0 aliphatic carbocycles. The van der Waals surface area contributed by atoms with E-state index in [2.05, 4.69) is 29.8 Å². The Balaban J connectivity index is 2.03. The summed E-state index contributed by atoms with van der Waals surface area (Å²) in [4.78, 5) is 47.9. The maximum Gasteiger partial charge on any atom is 0.307 e. The van der Waals surface area contributed by atoms with Gasteiger partial charge in [-0.1, -0.05) is 5.21 Å². The smallest absolute Gasteiger partial charge is 0.307 e. The maximum absolute atomic E-state index is 13.2. The van der Waals surface area contributed by atoms with E-state index in [1.807, 2.05) is 0 Å². The molecule has 43 heavy (non-hydrogen) atoms. The van der Waals surface area contributed by atoms with Gasteiger partial charge in [0.05, 0.1) is 105 Å². The van der Waals surface area contributed by atoms with Crippen LogP contribution in [-0.2, 0) is 70.0 Å². The second-order valence-corrected chi connectivity index (χ2v) is 9.73. The minimum atomic E-state index is -1.21. The zero-order chi connectivity index (χ0) is 31.3. The summed E-state index contributed by atoms with van der Waals surface area (Å²) in [6.07, 6.45) is 3.37. The number of hydrogen-bond acceptors (Lipinski definition) is 14. The molecule has 0 bridgehead atoms. The fraction of sp³-hybridized carbons (Fsp3) is 0.778. The molecule has 0 saturated carbocycles. The third-order valence-corrected chi connectivity index (χ3v) is 6.38. The van der Waals surface area contributed by atoms with Gasteiger partial charge in [-0.15, -0.1) is 5.10 Å². The molecule has 0 radical (unpaired) electrons. The number of carbonyl (C=O) groups is 4. The van der Waals surface area contributed by atoms with E-state index in [1.54, 1.807) is 10.9 Å². The van der Waals surface area contributed by atoms with E-state index in [9.17, 15) is 19.2 Å². The second-order valence-electron chi connectivity index (χ2n) is 9.73. The van der Waals surface area contributed by atoms with Gasteiger partial charge < -0.3 is 43.2 Å². The number of esters is 3. The molecule has 0 unspecified atom stereocenters. The zero-order valence-electron chi connectivity index (χ0n) is 25.2. The van der Waals surface area contributed by atoms with Crippen molar-refractivity contribution in [2.45, 2.75) is 63.3 Å². The number of rotatable bonds is 23. The van der Waals surface area contributed by atoms with Gasteiger partial charge in [-0.3, -0.25) is 19.2 Å². The molecule has 2 heterocycles. The predicted molar refractivity (Wildman–Crippen MR) is 146 cm³/mol. The van der Waals surface area contributed by atoms with Gasteiger partial charge in [0.2, 0.25) is 5.91 Å². The van der Waals surface area contributed by atoms with Crippen LogP contribution < -0.4 is 5.32 Å². The number of methoxy groups -OCH3 is 3. The monoisotopic (exact) mass is 616 g/mol. The Bertz CT molecular complexity index is 923. The van der Waals surface area contributed by atoms with Gasteiger partial charge in [-0.25, -0.2) is 4.68 Å². The van der Waals surface area contributed by atoms with E-state index >= 15 is 0 Å². The van der Waals surface area contributed by atoms with Crippen molar-refractivity contribution in [2.75, 3.05) is 74.2 Å². The highest BCUT2D eigenvalue weighted by Gasteiger charge is 2.34. The lowest BCUT2D eigenvalue weighted by molar-refractivity contribution is -0.143. The van der Waals surface area contributed by atoms with Gasteiger partial charge in [0.25, 0.3) is 0 Å². The number of nitrogens with one attached hydrogen (secondary N) is 1. The molecule has 0 spiro atoms. The lowest BCUT2D eigenvalue weighted by Gasteiger charge is -2.34. The van der Waals surface area contributed by atoms with Crippen LogP contribution in [0.1, 0.15) is 44.2 Å². The molecule has 244 valence electrons. The van der Waals surface area contributed by atoms with Gasteiger partial charge in [-0.05, 0) is 12.8 Å². The van der Waals surface area contributed by atoms with Crippen LogP contribution in [0.25, 0.3) is 0 Å². The van der Waals surface area contributed by atoms with Crippen molar-refractivity contribution >= 4 is 23.8 Å². The third-order valence-electron chi connectivity index (χ3n) is 6.38. The molecule has 1 aliphatic rings. The Kier molecular flexibility index (Phi) is 17.3. The van der Waals surface area contributed by atoms with Gasteiger partial charge in [0.1, 0.15) is 5.54 Å². The molecular weight excluding hydrogens is 572 g/mol. The molecule has 1 saturated heterocycles. The summed E-state index contributed by atoms with van der Waals surface area (Å²) in [5.74, 6) is -1.68. The summed E-state index contributed by atoms with van der Waals surface area (Å²) in [6.45, 7) is 1.60. The van der Waals surface area contributed by atoms with E-state index in [-0.39, 0.29) is 77.5 Å². The Morgan fingerprint density at radius 2 is 1.37 bits per heavy atom. The van der Waals surface area contributed by atoms with Crippen LogP contribution in [0.4, 0.5) is 0 Å². The van der Waals surface area contributed by atoms with Crippen LogP contribution in [0.5, 0.6) is 0 Å². The molecule has 2 rings (SSSR count). The standard InChI is InChI=1S/C27H44N4O12/c1-36-23(33)8-12-39-18-27(19-40-13-9-24(34)37-2,20-41-14-10-25(35)38-3)29-22(32)7-6-21-17-28-30-31(21)11-4-5-26-42-15-16-43-26/h17,26H,4-16,18-20H2,1-3H3,(H,29,32). The van der Waals surface area contributed by atoms with Crippen LogP contribution in [0.2, 0.25) is 0 Å². The fourth-order valence-electron chi connectivity index (χ4n) is 4.05. The summed E-state index contributed by atoms with van der Waals surface area (Å²) in [5.41, 5.74) is -0.425. The van der Waals surface area contributed by atoms with Gasteiger partial charge in [-0.2, -0.15) is 0 Å². The van der Waals surface area contributed by atoms with Crippen LogP contribution >= 0.6 is 0 Å². The molecule has 1 fully saturated rings. The van der Waals surface area contributed by atoms with Crippen molar-refractivity contribution < 1.29 is 57.1 Å². The molecule has 16 nitrogen and oxygen atoms in total. The average molecular weight is 617 g/mol. The highest BCUT2D eigenvalue weighted by Crippen LogP contribution is 2.14. The zero-order valence-corrected chi connectivity index (χ0v) is 25.2. The molecule has 16 heteroatoms. The SMILES string of the molecule is COC(=O)CCOCC(COCCC(=O)OC)(COCCC(=O)OC)NC(=O)CCc1cnnn1CCCC1OCCO1. The van der Waals surface area contributed by atoms with Crippen LogP contribution in [0.15, 0.2) is 6.20 Å². The molecule has 1 amide bonds. The molecule has 0 aromatic carbocycles. The van der Waals surface area contributed by atoms with Crippen molar-refractivity contribution in [3.05, 3.63) is 11.9 Å². The van der Waals surface area contributed by atoms with Crippen molar-refractivity contribution in [1.82, 2.24) is 20.3 Å². The topological polar surface area (TPSA) is 185 Å². The molecular formula is C27H44N4O12. The van der Waals surface area contributed by atoms with Crippen LogP contribution in [0.3, 0.4) is 0 Å². The van der Waals surface area contributed by atoms with Crippen molar-refractivity contribution in [2.24, 2.45) is 0 Å². The first-order valence-electron chi connectivity index (χ1n) is 14.2. The Labute approximate surface area is 250 Å². The number of hydrogen-bond donors (Lipinski definition) is 1. The summed E-state index contributed by atoms with van der Waals surface area (Å²) in [6, 6.07) is 0. The highest BCUT2D eigenvalue weighted by atomic mass is 16.7. The first-order chi connectivity index (χ1) is 20.8. The first-order valence-corrected chi connectivity index (χ1v) is 14.2. The van der Waals surface area contributed by atoms with Gasteiger partial charge in [0, 0.05) is 19.4 Å². The minimum Gasteiger partial charge on any atom is -0.469 e. The van der Waals surface area contributed by atoms with Crippen LogP contribution in [-0.4, -0.2) is 125 Å². The van der Waals surface area contributed by atoms with E-state index in [0.29, 0.717) is 26.2 Å². The largest absolute Gasteiger partial charge is 0.469 e. The Hall–Kier alpha value is -3.18. The van der Waals surface area contributed by atoms with Crippen molar-refractivity contribution in [3.8, 4) is 0 Å². The van der Waals surface area contributed by atoms with E-state index < -0.39 is 23.4 Å². The minimum absolute atomic E-state index is 0.00289. The van der Waals surface area contributed by atoms with Crippen LogP contribution in [0, 0.1) is 0 Å². The summed E-state index contributed by atoms with van der Waals surface area (Å²) in [5, 5.41) is 11.1. The quantitative estimate of drug-likeness (QED) is 0.0981. The maximum atomic E-state index is 13.2. The lowest BCUT2D eigenvalue weighted by atomic mass is 10.0. The van der Waals surface area contributed by atoms with Gasteiger partial charge >= 0.3 is 17.9 Å². The van der Waals surface area contributed by atoms with Crippen molar-refractivity contribution in [1.29, 1.82) is 0 Å². The Morgan fingerprint density at radius 3 is 1.86 bits per heavy atom.